The standard InChI is InChI=1S/C12H15ClN2/c13-12-9(2-1-7-14-12)8-15-10-3-4-11(15)6-5-10/h1-2,7,10-11H,3-6,8H2. The van der Waals surface area contributed by atoms with Crippen molar-refractivity contribution >= 4 is 11.6 Å². The molecule has 0 amide bonds. The summed E-state index contributed by atoms with van der Waals surface area (Å²) < 4.78 is 0. The summed E-state index contributed by atoms with van der Waals surface area (Å²) >= 11 is 6.08. The van der Waals surface area contributed by atoms with Crippen LogP contribution in [0.4, 0.5) is 0 Å². The fourth-order valence-corrected chi connectivity index (χ4v) is 3.19. The SMILES string of the molecule is Clc1ncccc1CN1C2CCC1CC2. The highest BCUT2D eigenvalue weighted by molar-refractivity contribution is 6.30. The molecule has 3 rings (SSSR count). The van der Waals surface area contributed by atoms with E-state index in [1.807, 2.05) is 6.07 Å². The zero-order valence-electron chi connectivity index (χ0n) is 8.69. The predicted octanol–water partition coefficient (Wildman–Crippen LogP) is 2.86. The minimum atomic E-state index is 0.670. The number of rotatable bonds is 2. The summed E-state index contributed by atoms with van der Waals surface area (Å²) in [7, 11) is 0. The van der Waals surface area contributed by atoms with Crippen molar-refractivity contribution in [1.82, 2.24) is 9.88 Å². The third-order valence-corrected chi connectivity index (χ3v) is 4.13. The molecule has 2 nitrogen and oxygen atoms in total. The molecule has 0 aromatic carbocycles. The van der Waals surface area contributed by atoms with E-state index in [0.29, 0.717) is 5.15 Å². The van der Waals surface area contributed by atoms with Gasteiger partial charge in [0.15, 0.2) is 0 Å². The van der Waals surface area contributed by atoms with Gasteiger partial charge >= 0.3 is 0 Å². The first-order valence-corrected chi connectivity index (χ1v) is 6.07. The van der Waals surface area contributed by atoms with Crippen molar-refractivity contribution in [2.75, 3.05) is 0 Å². The lowest BCUT2D eigenvalue weighted by Crippen LogP contribution is -2.27. The van der Waals surface area contributed by atoms with Crippen LogP contribution in [0.25, 0.3) is 0 Å². The molecule has 0 N–H and O–H groups in total. The van der Waals surface area contributed by atoms with Gasteiger partial charge in [-0.1, -0.05) is 17.7 Å². The highest BCUT2D eigenvalue weighted by Crippen LogP contribution is 2.38. The third kappa shape index (κ3) is 1.66. The van der Waals surface area contributed by atoms with Crippen LogP contribution < -0.4 is 0 Å². The van der Waals surface area contributed by atoms with E-state index in [4.69, 9.17) is 11.6 Å². The minimum absolute atomic E-state index is 0.670. The van der Waals surface area contributed by atoms with Gasteiger partial charge in [-0.05, 0) is 31.7 Å². The van der Waals surface area contributed by atoms with Gasteiger partial charge in [-0.2, -0.15) is 0 Å². The zero-order valence-corrected chi connectivity index (χ0v) is 9.45. The molecule has 0 aliphatic carbocycles. The molecule has 2 aliphatic heterocycles. The van der Waals surface area contributed by atoms with Crippen molar-refractivity contribution < 1.29 is 0 Å². The first kappa shape index (κ1) is 9.61. The highest BCUT2D eigenvalue weighted by atomic mass is 35.5. The Morgan fingerprint density at radius 3 is 2.53 bits per heavy atom. The van der Waals surface area contributed by atoms with Crippen LogP contribution in [0.5, 0.6) is 0 Å². The maximum atomic E-state index is 6.08. The molecule has 0 spiro atoms. The van der Waals surface area contributed by atoms with Crippen LogP contribution in [-0.4, -0.2) is 22.0 Å². The molecule has 3 heterocycles. The molecule has 2 aliphatic rings. The fourth-order valence-electron chi connectivity index (χ4n) is 3.01. The topological polar surface area (TPSA) is 16.1 Å². The Labute approximate surface area is 95.3 Å². The summed E-state index contributed by atoms with van der Waals surface area (Å²) in [5.74, 6) is 0. The Hall–Kier alpha value is -0.600. The van der Waals surface area contributed by atoms with Gasteiger partial charge in [0.1, 0.15) is 5.15 Å². The van der Waals surface area contributed by atoms with Gasteiger partial charge in [-0.3, -0.25) is 4.90 Å². The molecular formula is C12H15ClN2. The van der Waals surface area contributed by atoms with Gasteiger partial charge in [0.2, 0.25) is 0 Å². The first-order chi connectivity index (χ1) is 7.34. The van der Waals surface area contributed by atoms with Crippen LogP contribution in [0, 0.1) is 0 Å². The molecule has 2 fully saturated rings. The second-order valence-corrected chi connectivity index (χ2v) is 4.95. The normalized spacial score (nSPS) is 29.9. The van der Waals surface area contributed by atoms with E-state index in [0.717, 1.165) is 18.6 Å². The van der Waals surface area contributed by atoms with Gasteiger partial charge in [-0.25, -0.2) is 4.98 Å². The smallest absolute Gasteiger partial charge is 0.133 e. The molecule has 15 heavy (non-hydrogen) atoms. The van der Waals surface area contributed by atoms with Gasteiger partial charge in [0, 0.05) is 30.4 Å². The van der Waals surface area contributed by atoms with Crippen molar-refractivity contribution in [1.29, 1.82) is 0 Å². The van der Waals surface area contributed by atoms with Crippen molar-refractivity contribution in [2.24, 2.45) is 0 Å². The van der Waals surface area contributed by atoms with Crippen LogP contribution in [0.2, 0.25) is 5.15 Å². The average molecular weight is 223 g/mol. The number of fused-ring (bicyclic) bond motifs is 2. The lowest BCUT2D eigenvalue weighted by molar-refractivity contribution is 0.243. The minimum Gasteiger partial charge on any atom is -0.293 e. The Balaban J connectivity index is 1.78. The molecule has 3 heteroatoms. The number of pyridine rings is 1. The van der Waals surface area contributed by atoms with Crippen molar-refractivity contribution in [2.45, 2.75) is 44.3 Å². The molecule has 0 unspecified atom stereocenters. The quantitative estimate of drug-likeness (QED) is 0.716. The Morgan fingerprint density at radius 1 is 1.27 bits per heavy atom. The second kappa shape index (κ2) is 3.76. The van der Waals surface area contributed by atoms with Gasteiger partial charge < -0.3 is 0 Å². The van der Waals surface area contributed by atoms with E-state index in [1.165, 1.54) is 31.2 Å². The second-order valence-electron chi connectivity index (χ2n) is 4.59. The van der Waals surface area contributed by atoms with Crippen LogP contribution >= 0.6 is 11.6 Å². The van der Waals surface area contributed by atoms with E-state index >= 15 is 0 Å². The zero-order chi connectivity index (χ0) is 10.3. The van der Waals surface area contributed by atoms with Crippen LogP contribution in [0.1, 0.15) is 31.2 Å². The fraction of sp³-hybridized carbons (Fsp3) is 0.583. The number of hydrogen-bond donors (Lipinski definition) is 0. The molecular weight excluding hydrogens is 208 g/mol. The Morgan fingerprint density at radius 2 is 1.93 bits per heavy atom. The predicted molar refractivity (Wildman–Crippen MR) is 60.8 cm³/mol. The maximum Gasteiger partial charge on any atom is 0.133 e. The molecule has 2 saturated heterocycles. The molecule has 0 radical (unpaired) electrons. The summed E-state index contributed by atoms with van der Waals surface area (Å²) in [6.07, 6.45) is 7.26. The average Bonchev–Trinajstić information content (AvgIpc) is 2.81. The van der Waals surface area contributed by atoms with E-state index in [2.05, 4.69) is 16.0 Å². The van der Waals surface area contributed by atoms with E-state index in [1.54, 1.807) is 6.20 Å². The van der Waals surface area contributed by atoms with Crippen LogP contribution in [0.15, 0.2) is 18.3 Å². The van der Waals surface area contributed by atoms with Crippen molar-refractivity contribution in [3.63, 3.8) is 0 Å². The van der Waals surface area contributed by atoms with E-state index in [-0.39, 0.29) is 0 Å². The van der Waals surface area contributed by atoms with Crippen LogP contribution in [0.3, 0.4) is 0 Å². The first-order valence-electron chi connectivity index (χ1n) is 5.70. The highest BCUT2D eigenvalue weighted by Gasteiger charge is 2.39. The van der Waals surface area contributed by atoms with Crippen molar-refractivity contribution in [3.8, 4) is 0 Å². The molecule has 80 valence electrons. The summed E-state index contributed by atoms with van der Waals surface area (Å²) in [6.45, 7) is 0.988. The summed E-state index contributed by atoms with van der Waals surface area (Å²) in [5, 5.41) is 0.670. The Kier molecular flexibility index (Phi) is 2.41. The maximum absolute atomic E-state index is 6.08. The van der Waals surface area contributed by atoms with E-state index < -0.39 is 0 Å². The van der Waals surface area contributed by atoms with Gasteiger partial charge in [-0.15, -0.1) is 0 Å². The number of nitrogens with zero attached hydrogens (tertiary/aromatic N) is 2. The molecule has 1 aromatic rings. The van der Waals surface area contributed by atoms with Crippen LogP contribution in [-0.2, 0) is 6.54 Å². The molecule has 0 saturated carbocycles. The van der Waals surface area contributed by atoms with Gasteiger partial charge in [0.05, 0.1) is 0 Å². The van der Waals surface area contributed by atoms with Crippen molar-refractivity contribution in [3.05, 3.63) is 29.0 Å². The lowest BCUT2D eigenvalue weighted by atomic mass is 10.0. The number of halogens is 1. The lowest BCUT2D eigenvalue weighted by Gasteiger charge is -2.21. The van der Waals surface area contributed by atoms with E-state index in [9.17, 15) is 0 Å². The third-order valence-electron chi connectivity index (χ3n) is 3.79. The number of aromatic nitrogens is 1. The molecule has 0 atom stereocenters. The summed E-state index contributed by atoms with van der Waals surface area (Å²) in [6, 6.07) is 5.68. The number of hydrogen-bond acceptors (Lipinski definition) is 2. The Bertz CT molecular complexity index is 346. The monoisotopic (exact) mass is 222 g/mol. The molecule has 2 bridgehead atoms. The van der Waals surface area contributed by atoms with Gasteiger partial charge in [0.25, 0.3) is 0 Å². The molecule has 1 aromatic heterocycles. The summed E-state index contributed by atoms with van der Waals surface area (Å²) in [5.41, 5.74) is 1.18. The largest absolute Gasteiger partial charge is 0.293 e. The summed E-state index contributed by atoms with van der Waals surface area (Å²) in [4.78, 5) is 6.74.